The molecule has 0 aromatic heterocycles. The highest BCUT2D eigenvalue weighted by molar-refractivity contribution is 6.04. The summed E-state index contributed by atoms with van der Waals surface area (Å²) in [5.74, 6) is 0.535. The maximum atomic E-state index is 14.0. The number of anilines is 1. The van der Waals surface area contributed by atoms with Crippen molar-refractivity contribution in [2.45, 2.75) is 12.8 Å². The van der Waals surface area contributed by atoms with E-state index in [0.29, 0.717) is 11.4 Å². The number of benzene rings is 1. The average Bonchev–Trinajstić information content (AvgIpc) is 3.02. The Balaban J connectivity index is 2.04. The van der Waals surface area contributed by atoms with E-state index >= 15 is 0 Å². The molecule has 0 unspecified atom stereocenters. The standard InChI is InChI=1S/C13H16FN3/c14-10-4-3-5-11(17-8-1-2-9-17)12(10)13-15-6-7-16-13/h3-5H,1-2,6-9H2,(H,15,16). The Morgan fingerprint density at radius 2 is 2.06 bits per heavy atom. The molecule has 17 heavy (non-hydrogen) atoms. The number of hydrogen-bond acceptors (Lipinski definition) is 3. The van der Waals surface area contributed by atoms with Crippen LogP contribution in [0.15, 0.2) is 23.2 Å². The lowest BCUT2D eigenvalue weighted by atomic mass is 10.1. The van der Waals surface area contributed by atoms with Crippen molar-refractivity contribution >= 4 is 11.5 Å². The zero-order valence-electron chi connectivity index (χ0n) is 9.75. The van der Waals surface area contributed by atoms with Gasteiger partial charge in [-0.2, -0.15) is 0 Å². The van der Waals surface area contributed by atoms with Crippen LogP contribution >= 0.6 is 0 Å². The van der Waals surface area contributed by atoms with Gasteiger partial charge in [0.05, 0.1) is 17.8 Å². The molecule has 0 atom stereocenters. The first kappa shape index (κ1) is 10.6. The summed E-state index contributed by atoms with van der Waals surface area (Å²) in [7, 11) is 0. The van der Waals surface area contributed by atoms with Gasteiger partial charge in [-0.1, -0.05) is 6.07 Å². The van der Waals surface area contributed by atoms with Crippen molar-refractivity contribution < 1.29 is 4.39 Å². The van der Waals surface area contributed by atoms with E-state index in [-0.39, 0.29) is 5.82 Å². The van der Waals surface area contributed by atoms with E-state index in [0.717, 1.165) is 31.9 Å². The molecular formula is C13H16FN3. The second-order valence-electron chi connectivity index (χ2n) is 4.49. The van der Waals surface area contributed by atoms with E-state index in [4.69, 9.17) is 0 Å². The molecule has 2 heterocycles. The summed E-state index contributed by atoms with van der Waals surface area (Å²) in [6, 6.07) is 5.28. The van der Waals surface area contributed by atoms with Gasteiger partial charge in [-0.15, -0.1) is 0 Å². The third kappa shape index (κ3) is 1.88. The zero-order valence-corrected chi connectivity index (χ0v) is 9.75. The molecule has 3 rings (SSSR count). The van der Waals surface area contributed by atoms with Gasteiger partial charge in [0, 0.05) is 19.6 Å². The van der Waals surface area contributed by atoms with Crippen LogP contribution in [0.25, 0.3) is 0 Å². The minimum Gasteiger partial charge on any atom is -0.371 e. The Morgan fingerprint density at radius 1 is 1.24 bits per heavy atom. The van der Waals surface area contributed by atoms with Gasteiger partial charge in [0.1, 0.15) is 11.7 Å². The molecule has 0 bridgehead atoms. The van der Waals surface area contributed by atoms with Crippen LogP contribution in [0, 0.1) is 5.82 Å². The molecule has 1 N–H and O–H groups in total. The van der Waals surface area contributed by atoms with Gasteiger partial charge in [-0.3, -0.25) is 4.99 Å². The molecule has 0 radical (unpaired) electrons. The van der Waals surface area contributed by atoms with Crippen LogP contribution in [0.3, 0.4) is 0 Å². The Morgan fingerprint density at radius 3 is 2.76 bits per heavy atom. The molecule has 0 spiro atoms. The van der Waals surface area contributed by atoms with Crippen LogP contribution in [0.2, 0.25) is 0 Å². The number of aliphatic imine (C=N–C) groups is 1. The molecule has 2 aliphatic heterocycles. The minimum atomic E-state index is -0.178. The Labute approximate surface area is 100 Å². The predicted octanol–water partition coefficient (Wildman–Crippen LogP) is 1.78. The molecule has 0 amide bonds. The second kappa shape index (κ2) is 4.35. The van der Waals surface area contributed by atoms with Crippen molar-refractivity contribution in [1.29, 1.82) is 0 Å². The van der Waals surface area contributed by atoms with Crippen LogP contribution in [-0.4, -0.2) is 32.0 Å². The van der Waals surface area contributed by atoms with Gasteiger partial charge in [0.2, 0.25) is 0 Å². The highest BCUT2D eigenvalue weighted by Crippen LogP contribution is 2.27. The van der Waals surface area contributed by atoms with E-state index < -0.39 is 0 Å². The Hall–Kier alpha value is -1.58. The second-order valence-corrected chi connectivity index (χ2v) is 4.49. The average molecular weight is 233 g/mol. The molecule has 1 aromatic rings. The quantitative estimate of drug-likeness (QED) is 0.843. The number of halogens is 1. The third-order valence-corrected chi connectivity index (χ3v) is 3.35. The van der Waals surface area contributed by atoms with E-state index in [9.17, 15) is 4.39 Å². The first-order valence-electron chi connectivity index (χ1n) is 6.18. The van der Waals surface area contributed by atoms with Gasteiger partial charge >= 0.3 is 0 Å². The van der Waals surface area contributed by atoms with Crippen molar-refractivity contribution in [3.8, 4) is 0 Å². The molecule has 90 valence electrons. The monoisotopic (exact) mass is 233 g/mol. The van der Waals surface area contributed by atoms with Crippen LogP contribution in [0.4, 0.5) is 10.1 Å². The number of rotatable bonds is 2. The maximum Gasteiger partial charge on any atom is 0.136 e. The van der Waals surface area contributed by atoms with E-state index in [1.54, 1.807) is 6.07 Å². The molecule has 2 aliphatic rings. The van der Waals surface area contributed by atoms with Crippen molar-refractivity contribution in [3.05, 3.63) is 29.6 Å². The van der Waals surface area contributed by atoms with Gasteiger partial charge in [-0.25, -0.2) is 4.39 Å². The van der Waals surface area contributed by atoms with Crippen LogP contribution in [0.1, 0.15) is 18.4 Å². The molecule has 0 saturated carbocycles. The lowest BCUT2D eigenvalue weighted by Crippen LogP contribution is -2.26. The summed E-state index contributed by atoms with van der Waals surface area (Å²) in [4.78, 5) is 6.59. The maximum absolute atomic E-state index is 14.0. The van der Waals surface area contributed by atoms with Gasteiger partial charge in [-0.05, 0) is 25.0 Å². The number of amidine groups is 1. The summed E-state index contributed by atoms with van der Waals surface area (Å²) in [6.07, 6.45) is 2.38. The molecule has 4 heteroatoms. The van der Waals surface area contributed by atoms with E-state index in [1.807, 2.05) is 6.07 Å². The van der Waals surface area contributed by atoms with Crippen molar-refractivity contribution in [3.63, 3.8) is 0 Å². The predicted molar refractivity (Wildman–Crippen MR) is 67.3 cm³/mol. The molecule has 1 aromatic carbocycles. The molecular weight excluding hydrogens is 217 g/mol. The van der Waals surface area contributed by atoms with Crippen LogP contribution in [-0.2, 0) is 0 Å². The van der Waals surface area contributed by atoms with Crippen molar-refractivity contribution in [2.75, 3.05) is 31.1 Å². The molecule has 1 saturated heterocycles. The Bertz CT molecular complexity index is 450. The highest BCUT2D eigenvalue weighted by atomic mass is 19.1. The van der Waals surface area contributed by atoms with Gasteiger partial charge in [0.15, 0.2) is 0 Å². The van der Waals surface area contributed by atoms with E-state index in [2.05, 4.69) is 15.2 Å². The lowest BCUT2D eigenvalue weighted by Gasteiger charge is -2.21. The van der Waals surface area contributed by atoms with Gasteiger partial charge < -0.3 is 10.2 Å². The fraction of sp³-hybridized carbons (Fsp3) is 0.462. The van der Waals surface area contributed by atoms with Crippen LogP contribution in [0.5, 0.6) is 0 Å². The normalized spacial score (nSPS) is 19.4. The molecule has 3 nitrogen and oxygen atoms in total. The van der Waals surface area contributed by atoms with Gasteiger partial charge in [0.25, 0.3) is 0 Å². The number of nitrogens with zero attached hydrogens (tertiary/aromatic N) is 2. The number of nitrogens with one attached hydrogen (secondary N) is 1. The SMILES string of the molecule is Fc1cccc(N2CCCC2)c1C1=NCCN1. The summed E-state index contributed by atoms with van der Waals surface area (Å²) in [5, 5.41) is 3.16. The lowest BCUT2D eigenvalue weighted by molar-refractivity contribution is 0.624. The minimum absolute atomic E-state index is 0.178. The summed E-state index contributed by atoms with van der Waals surface area (Å²) in [5.41, 5.74) is 1.63. The molecule has 0 aliphatic carbocycles. The first-order valence-corrected chi connectivity index (χ1v) is 6.18. The zero-order chi connectivity index (χ0) is 11.7. The molecule has 1 fully saturated rings. The fourth-order valence-corrected chi connectivity index (χ4v) is 2.53. The van der Waals surface area contributed by atoms with Crippen molar-refractivity contribution in [2.24, 2.45) is 4.99 Å². The smallest absolute Gasteiger partial charge is 0.136 e. The topological polar surface area (TPSA) is 27.6 Å². The first-order chi connectivity index (χ1) is 8.36. The highest BCUT2D eigenvalue weighted by Gasteiger charge is 2.22. The van der Waals surface area contributed by atoms with Crippen LogP contribution < -0.4 is 10.2 Å². The van der Waals surface area contributed by atoms with Crippen molar-refractivity contribution in [1.82, 2.24) is 5.32 Å². The summed E-state index contributed by atoms with van der Waals surface area (Å²) in [6.45, 7) is 3.58. The number of hydrogen-bond donors (Lipinski definition) is 1. The third-order valence-electron chi connectivity index (χ3n) is 3.35. The summed E-state index contributed by atoms with van der Waals surface area (Å²) >= 11 is 0. The largest absolute Gasteiger partial charge is 0.371 e. The fourth-order valence-electron chi connectivity index (χ4n) is 2.53. The van der Waals surface area contributed by atoms with E-state index in [1.165, 1.54) is 18.9 Å². The Kier molecular flexibility index (Phi) is 2.71. The summed E-state index contributed by atoms with van der Waals surface area (Å²) < 4.78 is 14.0.